The number of ether oxygens (including phenoxy) is 2. The van der Waals surface area contributed by atoms with Crippen LogP contribution in [-0.4, -0.2) is 19.2 Å². The minimum Gasteiger partial charge on any atom is -0.497 e. The van der Waals surface area contributed by atoms with Crippen molar-refractivity contribution in [3.63, 3.8) is 0 Å². The molecule has 3 aromatic rings. The van der Waals surface area contributed by atoms with Crippen molar-refractivity contribution in [2.24, 2.45) is 0 Å². The first-order chi connectivity index (χ1) is 11.6. The molecule has 0 amide bonds. The third kappa shape index (κ3) is 3.30. The van der Waals surface area contributed by atoms with Crippen LogP contribution < -0.4 is 14.8 Å². The molecular weight excluding hydrogens is 334 g/mol. The molecule has 1 N–H and O–H groups in total. The van der Waals surface area contributed by atoms with Gasteiger partial charge in [-0.05, 0) is 24.3 Å². The number of hydrogen-bond donors (Lipinski definition) is 1. The minimum atomic E-state index is -0.672. The van der Waals surface area contributed by atoms with Crippen LogP contribution in [0.1, 0.15) is 0 Å². The van der Waals surface area contributed by atoms with E-state index in [0.717, 1.165) is 11.6 Å². The van der Waals surface area contributed by atoms with Crippen LogP contribution in [0, 0.1) is 11.6 Å². The van der Waals surface area contributed by atoms with E-state index < -0.39 is 11.6 Å². The molecule has 2 aromatic carbocycles. The first kappa shape index (κ1) is 16.2. The highest BCUT2D eigenvalue weighted by Crippen LogP contribution is 2.35. The number of hydrogen-bond acceptors (Lipinski definition) is 5. The van der Waals surface area contributed by atoms with E-state index in [4.69, 9.17) is 9.47 Å². The molecule has 0 aliphatic carbocycles. The van der Waals surface area contributed by atoms with Gasteiger partial charge in [-0.1, -0.05) is 0 Å². The molecule has 7 heteroatoms. The molecule has 0 saturated carbocycles. The summed E-state index contributed by atoms with van der Waals surface area (Å²) in [5, 5.41) is 5.17. The summed E-state index contributed by atoms with van der Waals surface area (Å²) in [5.74, 6) is 0.00588. The predicted molar refractivity (Wildman–Crippen MR) is 90.3 cm³/mol. The third-order valence-corrected chi connectivity index (χ3v) is 4.12. The second-order valence-electron chi connectivity index (χ2n) is 4.85. The zero-order valence-electron chi connectivity index (χ0n) is 13.0. The lowest BCUT2D eigenvalue weighted by Crippen LogP contribution is -1.94. The Morgan fingerprint density at radius 3 is 2.58 bits per heavy atom. The molecule has 1 aromatic heterocycles. The summed E-state index contributed by atoms with van der Waals surface area (Å²) in [6, 6.07) is 8.76. The van der Waals surface area contributed by atoms with Gasteiger partial charge < -0.3 is 14.8 Å². The molecule has 124 valence electrons. The molecule has 1 heterocycles. The number of nitrogens with zero attached hydrogens (tertiary/aromatic N) is 1. The maximum absolute atomic E-state index is 13.7. The molecule has 0 fully saturated rings. The lowest BCUT2D eigenvalue weighted by Gasteiger charge is -2.08. The molecule has 24 heavy (non-hydrogen) atoms. The summed E-state index contributed by atoms with van der Waals surface area (Å²) in [6.07, 6.45) is 0. The number of rotatable bonds is 5. The van der Waals surface area contributed by atoms with Crippen molar-refractivity contribution < 1.29 is 18.3 Å². The van der Waals surface area contributed by atoms with Gasteiger partial charge in [-0.15, -0.1) is 11.3 Å². The van der Waals surface area contributed by atoms with Gasteiger partial charge in [0.15, 0.2) is 5.13 Å². The van der Waals surface area contributed by atoms with Crippen molar-refractivity contribution in [3.8, 4) is 22.8 Å². The topological polar surface area (TPSA) is 43.4 Å². The summed E-state index contributed by atoms with van der Waals surface area (Å²) in [7, 11) is 3.15. The monoisotopic (exact) mass is 348 g/mol. The van der Waals surface area contributed by atoms with Crippen LogP contribution in [0.5, 0.6) is 11.5 Å². The molecule has 0 aliphatic rings. The van der Waals surface area contributed by atoms with Crippen LogP contribution in [0.4, 0.5) is 19.6 Å². The van der Waals surface area contributed by atoms with Crippen molar-refractivity contribution in [3.05, 3.63) is 53.4 Å². The van der Waals surface area contributed by atoms with Crippen molar-refractivity contribution >= 4 is 22.2 Å². The van der Waals surface area contributed by atoms with Crippen LogP contribution in [0.15, 0.2) is 41.8 Å². The largest absolute Gasteiger partial charge is 0.497 e. The molecule has 0 aliphatic heterocycles. The Bertz CT molecular complexity index is 868. The Hall–Kier alpha value is -2.67. The molecule has 3 rings (SSSR count). The Kier molecular flexibility index (Phi) is 4.61. The summed E-state index contributed by atoms with van der Waals surface area (Å²) in [4.78, 5) is 4.43. The standard InChI is InChI=1S/C17H14F2N2O2S/c1-22-11-4-5-12(16(8-11)23-2)15-9-24-17(21-15)20-14-6-3-10(18)7-13(14)19/h3-9H,1-2H3,(H,20,21). The van der Waals surface area contributed by atoms with Gasteiger partial charge in [-0.3, -0.25) is 0 Å². The van der Waals surface area contributed by atoms with E-state index in [1.54, 1.807) is 20.3 Å². The zero-order chi connectivity index (χ0) is 17.1. The maximum Gasteiger partial charge on any atom is 0.187 e. The highest BCUT2D eigenvalue weighted by atomic mass is 32.1. The molecule has 0 bridgehead atoms. The summed E-state index contributed by atoms with van der Waals surface area (Å²) in [5.41, 5.74) is 1.64. The van der Waals surface area contributed by atoms with E-state index in [1.165, 1.54) is 23.5 Å². The number of methoxy groups -OCH3 is 2. The van der Waals surface area contributed by atoms with E-state index in [-0.39, 0.29) is 5.69 Å². The highest BCUT2D eigenvalue weighted by molar-refractivity contribution is 7.14. The summed E-state index contributed by atoms with van der Waals surface area (Å²) < 4.78 is 37.2. The zero-order valence-corrected chi connectivity index (χ0v) is 13.8. The van der Waals surface area contributed by atoms with Crippen molar-refractivity contribution in [1.29, 1.82) is 0 Å². The number of halogens is 2. The van der Waals surface area contributed by atoms with E-state index in [0.29, 0.717) is 22.3 Å². The molecule has 0 spiro atoms. The Balaban J connectivity index is 1.88. The van der Waals surface area contributed by atoms with Crippen LogP contribution in [0.2, 0.25) is 0 Å². The van der Waals surface area contributed by atoms with Gasteiger partial charge in [0.1, 0.15) is 23.1 Å². The van der Waals surface area contributed by atoms with Crippen molar-refractivity contribution in [2.75, 3.05) is 19.5 Å². The van der Waals surface area contributed by atoms with Crippen LogP contribution in [-0.2, 0) is 0 Å². The minimum absolute atomic E-state index is 0.166. The maximum atomic E-state index is 13.7. The van der Waals surface area contributed by atoms with Crippen LogP contribution >= 0.6 is 11.3 Å². The van der Waals surface area contributed by atoms with Crippen LogP contribution in [0.3, 0.4) is 0 Å². The number of anilines is 2. The Morgan fingerprint density at radius 2 is 1.88 bits per heavy atom. The quantitative estimate of drug-likeness (QED) is 0.716. The molecule has 0 atom stereocenters. The molecule has 4 nitrogen and oxygen atoms in total. The van der Waals surface area contributed by atoms with Gasteiger partial charge in [0.05, 0.1) is 25.6 Å². The predicted octanol–water partition coefficient (Wildman–Crippen LogP) is 4.85. The average molecular weight is 348 g/mol. The first-order valence-electron chi connectivity index (χ1n) is 7.00. The van der Waals surface area contributed by atoms with Crippen LogP contribution in [0.25, 0.3) is 11.3 Å². The van der Waals surface area contributed by atoms with Gasteiger partial charge in [0, 0.05) is 23.1 Å². The molecule has 0 saturated heterocycles. The van der Waals surface area contributed by atoms with Gasteiger partial charge in [-0.25, -0.2) is 13.8 Å². The smallest absolute Gasteiger partial charge is 0.187 e. The van der Waals surface area contributed by atoms with E-state index in [9.17, 15) is 8.78 Å². The summed E-state index contributed by atoms with van der Waals surface area (Å²) >= 11 is 1.31. The SMILES string of the molecule is COc1ccc(-c2csc(Nc3ccc(F)cc3F)n2)c(OC)c1. The lowest BCUT2D eigenvalue weighted by atomic mass is 10.1. The van der Waals surface area contributed by atoms with E-state index >= 15 is 0 Å². The van der Waals surface area contributed by atoms with Gasteiger partial charge in [0.25, 0.3) is 0 Å². The van der Waals surface area contributed by atoms with Crippen molar-refractivity contribution in [1.82, 2.24) is 4.98 Å². The number of thiazole rings is 1. The molecule has 0 unspecified atom stereocenters. The fraction of sp³-hybridized carbons (Fsp3) is 0.118. The molecule has 0 radical (unpaired) electrons. The normalized spacial score (nSPS) is 10.5. The number of aromatic nitrogens is 1. The van der Waals surface area contributed by atoms with Gasteiger partial charge in [0.2, 0.25) is 0 Å². The number of nitrogens with one attached hydrogen (secondary N) is 1. The fourth-order valence-corrected chi connectivity index (χ4v) is 2.89. The van der Waals surface area contributed by atoms with Gasteiger partial charge >= 0.3 is 0 Å². The van der Waals surface area contributed by atoms with E-state index in [1.807, 2.05) is 17.5 Å². The first-order valence-corrected chi connectivity index (χ1v) is 7.88. The lowest BCUT2D eigenvalue weighted by molar-refractivity contribution is 0.395. The third-order valence-electron chi connectivity index (χ3n) is 3.36. The fourth-order valence-electron chi connectivity index (χ4n) is 2.17. The Morgan fingerprint density at radius 1 is 1.04 bits per heavy atom. The second kappa shape index (κ2) is 6.84. The highest BCUT2D eigenvalue weighted by Gasteiger charge is 2.12. The average Bonchev–Trinajstić information content (AvgIpc) is 3.05. The Labute approximate surface area is 141 Å². The number of benzene rings is 2. The summed E-state index contributed by atoms with van der Waals surface area (Å²) in [6.45, 7) is 0. The molecular formula is C17H14F2N2O2S. The van der Waals surface area contributed by atoms with Gasteiger partial charge in [-0.2, -0.15) is 0 Å². The van der Waals surface area contributed by atoms with E-state index in [2.05, 4.69) is 10.3 Å². The second-order valence-corrected chi connectivity index (χ2v) is 5.71. The van der Waals surface area contributed by atoms with Crippen molar-refractivity contribution in [2.45, 2.75) is 0 Å².